The van der Waals surface area contributed by atoms with Crippen molar-refractivity contribution in [2.75, 3.05) is 24.5 Å². The van der Waals surface area contributed by atoms with E-state index in [0.717, 1.165) is 25.3 Å². The zero-order valence-electron chi connectivity index (χ0n) is 8.77. The molecule has 0 bridgehead atoms. The van der Waals surface area contributed by atoms with Crippen molar-refractivity contribution >= 4 is 5.69 Å². The summed E-state index contributed by atoms with van der Waals surface area (Å²) in [7, 11) is 0. The SMILES string of the molecule is CC1CN(c2ccncc2C#N)CCN1. The minimum atomic E-state index is 0.471. The molecule has 0 aromatic carbocycles. The lowest BCUT2D eigenvalue weighted by atomic mass is 10.1. The maximum atomic E-state index is 8.98. The normalized spacial score (nSPS) is 21.1. The highest BCUT2D eigenvalue weighted by molar-refractivity contribution is 5.58. The minimum Gasteiger partial charge on any atom is -0.368 e. The molecule has 1 atom stereocenters. The summed E-state index contributed by atoms with van der Waals surface area (Å²) in [5.74, 6) is 0. The van der Waals surface area contributed by atoms with E-state index >= 15 is 0 Å². The first kappa shape index (κ1) is 9.94. The Kier molecular flexibility index (Phi) is 2.84. The van der Waals surface area contributed by atoms with E-state index < -0.39 is 0 Å². The molecule has 1 saturated heterocycles. The first-order valence-corrected chi connectivity index (χ1v) is 5.13. The summed E-state index contributed by atoms with van der Waals surface area (Å²) in [5, 5.41) is 12.4. The number of nitrogens with zero attached hydrogens (tertiary/aromatic N) is 3. The van der Waals surface area contributed by atoms with Crippen LogP contribution < -0.4 is 10.2 Å². The number of anilines is 1. The summed E-state index contributed by atoms with van der Waals surface area (Å²) < 4.78 is 0. The van der Waals surface area contributed by atoms with Gasteiger partial charge in [-0.1, -0.05) is 0 Å². The van der Waals surface area contributed by atoms with E-state index in [2.05, 4.69) is 28.2 Å². The molecule has 2 rings (SSSR count). The predicted octanol–water partition coefficient (Wildman–Crippen LogP) is 0.751. The van der Waals surface area contributed by atoms with Gasteiger partial charge in [0.1, 0.15) is 6.07 Å². The van der Waals surface area contributed by atoms with Crippen molar-refractivity contribution in [2.45, 2.75) is 13.0 Å². The molecular weight excluding hydrogens is 188 g/mol. The van der Waals surface area contributed by atoms with Crippen LogP contribution >= 0.6 is 0 Å². The van der Waals surface area contributed by atoms with Crippen LogP contribution in [0.4, 0.5) is 5.69 Å². The van der Waals surface area contributed by atoms with Gasteiger partial charge in [0.15, 0.2) is 0 Å². The smallest absolute Gasteiger partial charge is 0.103 e. The van der Waals surface area contributed by atoms with Crippen molar-refractivity contribution in [2.24, 2.45) is 0 Å². The molecule has 1 aromatic rings. The molecule has 78 valence electrons. The van der Waals surface area contributed by atoms with Gasteiger partial charge in [0.05, 0.1) is 11.3 Å². The van der Waals surface area contributed by atoms with Gasteiger partial charge < -0.3 is 10.2 Å². The number of aromatic nitrogens is 1. The molecule has 4 nitrogen and oxygen atoms in total. The Hall–Kier alpha value is -1.60. The predicted molar refractivity (Wildman–Crippen MR) is 58.6 cm³/mol. The van der Waals surface area contributed by atoms with Crippen molar-refractivity contribution in [1.82, 2.24) is 10.3 Å². The second kappa shape index (κ2) is 4.28. The van der Waals surface area contributed by atoms with Crippen molar-refractivity contribution in [1.29, 1.82) is 5.26 Å². The van der Waals surface area contributed by atoms with Crippen LogP contribution in [-0.4, -0.2) is 30.7 Å². The molecule has 0 spiro atoms. The average Bonchev–Trinajstić information content (AvgIpc) is 2.29. The zero-order valence-corrected chi connectivity index (χ0v) is 8.77. The number of hydrogen-bond donors (Lipinski definition) is 1. The first-order valence-electron chi connectivity index (χ1n) is 5.13. The van der Waals surface area contributed by atoms with Gasteiger partial charge in [-0.05, 0) is 13.0 Å². The number of rotatable bonds is 1. The third-order valence-corrected chi connectivity index (χ3v) is 2.63. The first-order chi connectivity index (χ1) is 7.31. The molecule has 15 heavy (non-hydrogen) atoms. The number of pyridine rings is 1. The van der Waals surface area contributed by atoms with Gasteiger partial charge in [-0.25, -0.2) is 0 Å². The van der Waals surface area contributed by atoms with E-state index in [-0.39, 0.29) is 0 Å². The zero-order chi connectivity index (χ0) is 10.7. The molecule has 1 aromatic heterocycles. The lowest BCUT2D eigenvalue weighted by Crippen LogP contribution is -2.49. The second-order valence-electron chi connectivity index (χ2n) is 3.81. The van der Waals surface area contributed by atoms with Crippen LogP contribution in [-0.2, 0) is 0 Å². The van der Waals surface area contributed by atoms with Crippen molar-refractivity contribution in [3.05, 3.63) is 24.0 Å². The van der Waals surface area contributed by atoms with Gasteiger partial charge in [-0.3, -0.25) is 4.98 Å². The molecule has 1 N–H and O–H groups in total. The summed E-state index contributed by atoms with van der Waals surface area (Å²) in [6, 6.07) is 4.57. The fourth-order valence-electron chi connectivity index (χ4n) is 1.90. The molecule has 0 aliphatic carbocycles. The van der Waals surface area contributed by atoms with Crippen molar-refractivity contribution < 1.29 is 0 Å². The Morgan fingerprint density at radius 2 is 2.53 bits per heavy atom. The topological polar surface area (TPSA) is 52.0 Å². The third kappa shape index (κ3) is 2.08. The molecule has 1 fully saturated rings. The molecule has 0 radical (unpaired) electrons. The third-order valence-electron chi connectivity index (χ3n) is 2.63. The molecule has 1 aliphatic heterocycles. The molecule has 0 amide bonds. The fraction of sp³-hybridized carbons (Fsp3) is 0.455. The largest absolute Gasteiger partial charge is 0.368 e. The van der Waals surface area contributed by atoms with E-state index in [1.807, 2.05) is 6.07 Å². The Balaban J connectivity index is 2.25. The number of piperazine rings is 1. The van der Waals surface area contributed by atoms with Crippen molar-refractivity contribution in [3.63, 3.8) is 0 Å². The standard InChI is InChI=1S/C11H14N4/c1-9-8-15(5-4-14-9)11-2-3-13-7-10(11)6-12/h2-3,7,9,14H,4-5,8H2,1H3. The maximum Gasteiger partial charge on any atom is 0.103 e. The monoisotopic (exact) mass is 202 g/mol. The molecular formula is C11H14N4. The summed E-state index contributed by atoms with van der Waals surface area (Å²) in [6.45, 7) is 5.01. The van der Waals surface area contributed by atoms with Gasteiger partial charge in [0.2, 0.25) is 0 Å². The van der Waals surface area contributed by atoms with E-state index in [4.69, 9.17) is 5.26 Å². The Labute approximate surface area is 89.5 Å². The quantitative estimate of drug-likeness (QED) is 0.730. The van der Waals surface area contributed by atoms with Crippen molar-refractivity contribution in [3.8, 4) is 6.07 Å². The lowest BCUT2D eigenvalue weighted by molar-refractivity contribution is 0.484. The van der Waals surface area contributed by atoms with Crippen LogP contribution in [0.2, 0.25) is 0 Å². The Bertz CT molecular complexity index is 382. The average molecular weight is 202 g/mol. The summed E-state index contributed by atoms with van der Waals surface area (Å²) in [4.78, 5) is 6.20. The lowest BCUT2D eigenvalue weighted by Gasteiger charge is -2.33. The highest BCUT2D eigenvalue weighted by Gasteiger charge is 2.17. The van der Waals surface area contributed by atoms with Gasteiger partial charge in [0, 0.05) is 38.1 Å². The Morgan fingerprint density at radius 1 is 1.67 bits per heavy atom. The van der Waals surface area contributed by atoms with Gasteiger partial charge in [-0.15, -0.1) is 0 Å². The molecule has 4 heteroatoms. The summed E-state index contributed by atoms with van der Waals surface area (Å²) >= 11 is 0. The number of hydrogen-bond acceptors (Lipinski definition) is 4. The van der Waals surface area contributed by atoms with E-state index in [1.54, 1.807) is 12.4 Å². The second-order valence-corrected chi connectivity index (χ2v) is 3.81. The van der Waals surface area contributed by atoms with E-state index in [9.17, 15) is 0 Å². The van der Waals surface area contributed by atoms with Crippen LogP contribution in [0.1, 0.15) is 12.5 Å². The minimum absolute atomic E-state index is 0.471. The van der Waals surface area contributed by atoms with Crippen LogP contribution in [0.3, 0.4) is 0 Å². The fourth-order valence-corrected chi connectivity index (χ4v) is 1.90. The Morgan fingerprint density at radius 3 is 3.27 bits per heavy atom. The van der Waals surface area contributed by atoms with Crippen LogP contribution in [0.5, 0.6) is 0 Å². The molecule has 0 saturated carbocycles. The number of nitrogens with one attached hydrogen (secondary N) is 1. The van der Waals surface area contributed by atoms with E-state index in [1.165, 1.54) is 0 Å². The summed E-state index contributed by atoms with van der Waals surface area (Å²) in [6.07, 6.45) is 3.37. The van der Waals surface area contributed by atoms with Crippen LogP contribution in [0.25, 0.3) is 0 Å². The number of nitriles is 1. The van der Waals surface area contributed by atoms with Gasteiger partial charge >= 0.3 is 0 Å². The highest BCUT2D eigenvalue weighted by Crippen LogP contribution is 2.19. The van der Waals surface area contributed by atoms with Gasteiger partial charge in [-0.2, -0.15) is 5.26 Å². The molecule has 2 heterocycles. The van der Waals surface area contributed by atoms with E-state index in [0.29, 0.717) is 11.6 Å². The summed E-state index contributed by atoms with van der Waals surface area (Å²) in [5.41, 5.74) is 1.66. The highest BCUT2D eigenvalue weighted by atomic mass is 15.2. The maximum absolute atomic E-state index is 8.98. The van der Waals surface area contributed by atoms with Gasteiger partial charge in [0.25, 0.3) is 0 Å². The van der Waals surface area contributed by atoms with Crippen LogP contribution in [0.15, 0.2) is 18.5 Å². The van der Waals surface area contributed by atoms with Crippen LogP contribution in [0, 0.1) is 11.3 Å². The molecule has 1 aliphatic rings. The molecule has 1 unspecified atom stereocenters.